The zero-order chi connectivity index (χ0) is 21.2. The average molecular weight is 428 g/mol. The van der Waals surface area contributed by atoms with Gasteiger partial charge in [-0.25, -0.2) is 0 Å². The third-order valence-corrected chi connectivity index (χ3v) is 6.45. The molecule has 2 fully saturated rings. The molecule has 0 bridgehead atoms. The van der Waals surface area contributed by atoms with Crippen molar-refractivity contribution in [2.24, 2.45) is 17.8 Å². The molecule has 28 heavy (non-hydrogen) atoms. The van der Waals surface area contributed by atoms with Crippen molar-refractivity contribution in [2.45, 2.75) is 77.7 Å². The molecule has 0 aromatic rings. The van der Waals surface area contributed by atoms with E-state index in [1.54, 1.807) is 14.0 Å². The highest BCUT2D eigenvalue weighted by Crippen LogP contribution is 2.37. The molecule has 10 unspecified atom stereocenters. The van der Waals surface area contributed by atoms with Crippen LogP contribution >= 0.6 is 0 Å². The first-order chi connectivity index (χ1) is 13.0. The lowest BCUT2D eigenvalue weighted by atomic mass is 9.85. The van der Waals surface area contributed by atoms with E-state index in [0.29, 0.717) is 0 Å². The van der Waals surface area contributed by atoms with Crippen molar-refractivity contribution in [3.05, 3.63) is 0 Å². The zero-order valence-corrected chi connectivity index (χ0v) is 18.0. The number of nitrogens with one attached hydrogen (secondary N) is 1. The monoisotopic (exact) mass is 427 g/mol. The van der Waals surface area contributed by atoms with Crippen LogP contribution in [-0.2, 0) is 34.0 Å². The maximum absolute atomic E-state index is 11.3. The highest BCUT2D eigenvalue weighted by atomic mass is 32.2. The quantitative estimate of drug-likeness (QED) is 0.393. The van der Waals surface area contributed by atoms with Crippen LogP contribution in [0.1, 0.15) is 34.6 Å². The summed E-state index contributed by atoms with van der Waals surface area (Å²) < 4.78 is 62.7. The van der Waals surface area contributed by atoms with E-state index in [-0.39, 0.29) is 30.0 Å². The Morgan fingerprint density at radius 2 is 1.57 bits per heavy atom. The molecule has 0 aromatic heterocycles. The van der Waals surface area contributed by atoms with Crippen LogP contribution in [0.4, 0.5) is 0 Å². The zero-order valence-electron chi connectivity index (χ0n) is 17.1. The Hall–Kier alpha value is -0.370. The third kappa shape index (κ3) is 5.41. The summed E-state index contributed by atoms with van der Waals surface area (Å²) in [4.78, 5) is 0. The first-order valence-corrected chi connectivity index (χ1v) is 10.9. The van der Waals surface area contributed by atoms with Gasteiger partial charge in [0.05, 0.1) is 24.4 Å². The highest BCUT2D eigenvalue weighted by molar-refractivity contribution is 7.83. The molecule has 0 radical (unpaired) electrons. The van der Waals surface area contributed by atoms with E-state index >= 15 is 0 Å². The lowest BCUT2D eigenvalue weighted by Gasteiger charge is -2.48. The molecule has 2 aliphatic heterocycles. The van der Waals surface area contributed by atoms with Gasteiger partial charge < -0.3 is 28.8 Å². The van der Waals surface area contributed by atoms with Gasteiger partial charge in [-0.1, -0.05) is 20.8 Å². The van der Waals surface area contributed by atoms with Gasteiger partial charge >= 0.3 is 10.3 Å². The predicted octanol–water partition coefficient (Wildman–Crippen LogP) is 0.512. The minimum Gasteiger partial charge on any atom is -0.376 e. The average Bonchev–Trinajstić information content (AvgIpc) is 2.59. The van der Waals surface area contributed by atoms with E-state index in [0.717, 1.165) is 0 Å². The fraction of sp³-hybridized carbons (Fsp3) is 1.00. The van der Waals surface area contributed by atoms with Crippen LogP contribution in [0.5, 0.6) is 0 Å². The Kier molecular flexibility index (Phi) is 8.22. The Labute approximate surface area is 166 Å². The molecule has 0 spiro atoms. The summed E-state index contributed by atoms with van der Waals surface area (Å²) in [5.74, 6) is -0.347. The van der Waals surface area contributed by atoms with Crippen LogP contribution in [0.3, 0.4) is 0 Å². The summed E-state index contributed by atoms with van der Waals surface area (Å²) in [5.41, 5.74) is 0. The van der Waals surface area contributed by atoms with Crippen molar-refractivity contribution in [1.29, 1.82) is 0 Å². The Morgan fingerprint density at radius 1 is 0.929 bits per heavy atom. The molecule has 0 saturated carbocycles. The number of rotatable bonds is 7. The van der Waals surface area contributed by atoms with Crippen LogP contribution < -0.4 is 4.72 Å². The van der Waals surface area contributed by atoms with E-state index in [9.17, 15) is 13.0 Å². The molecule has 10 nitrogen and oxygen atoms in total. The Morgan fingerprint density at radius 3 is 2.11 bits per heavy atom. The predicted molar refractivity (Wildman–Crippen MR) is 98.5 cm³/mol. The summed E-state index contributed by atoms with van der Waals surface area (Å²) in [5, 5.41) is 9.14. The number of methoxy groups -OCH3 is 1. The van der Waals surface area contributed by atoms with Gasteiger partial charge in [0.1, 0.15) is 12.9 Å². The van der Waals surface area contributed by atoms with Gasteiger partial charge in [-0.15, -0.1) is 0 Å². The Bertz CT molecular complexity index is 603. The van der Waals surface area contributed by atoms with Crippen molar-refractivity contribution in [3.63, 3.8) is 0 Å². The van der Waals surface area contributed by atoms with Crippen molar-refractivity contribution in [1.82, 2.24) is 4.72 Å². The summed E-state index contributed by atoms with van der Waals surface area (Å²) in [6.07, 6.45) is -3.10. The minimum absolute atomic E-state index is 0.0149. The molecule has 2 heterocycles. The van der Waals surface area contributed by atoms with E-state index in [2.05, 4.69) is 4.72 Å². The molecule has 0 aromatic carbocycles. The van der Waals surface area contributed by atoms with Crippen molar-refractivity contribution in [2.75, 3.05) is 13.9 Å². The summed E-state index contributed by atoms with van der Waals surface area (Å²) in [6.45, 7) is 8.85. The smallest absolute Gasteiger partial charge is 0.333 e. The molecule has 2 rings (SSSR count). The summed E-state index contributed by atoms with van der Waals surface area (Å²) >= 11 is 0. The molecular formula is C17H33NO9S. The van der Waals surface area contributed by atoms with Gasteiger partial charge in [-0.2, -0.15) is 13.1 Å². The molecule has 3 N–H and O–H groups in total. The normalized spacial score (nSPS) is 45.1. The standard InChI is InChI=1S/C17H33NO9S/c1-8-9(2)16(27-17(24-7-19)15(8)23-6)26-14-10(3)13(18-28(20,21)22)11(4)25-12(14)5/h8-19H,7H2,1-6H3,(H,20,21,22). The first-order valence-electron chi connectivity index (χ1n) is 9.46. The molecule has 166 valence electrons. The molecule has 2 saturated heterocycles. The first kappa shape index (κ1) is 23.9. The Balaban J connectivity index is 2.17. The fourth-order valence-electron chi connectivity index (χ4n) is 4.14. The second-order valence-electron chi connectivity index (χ2n) is 7.71. The summed E-state index contributed by atoms with van der Waals surface area (Å²) in [7, 11) is -2.84. The molecule has 0 aliphatic carbocycles. The molecule has 10 atom stereocenters. The number of ether oxygens (including phenoxy) is 5. The molecule has 0 amide bonds. The van der Waals surface area contributed by atoms with Crippen molar-refractivity contribution >= 4 is 10.3 Å². The van der Waals surface area contributed by atoms with Crippen LogP contribution in [0, 0.1) is 17.8 Å². The highest BCUT2D eigenvalue weighted by Gasteiger charge is 2.48. The molecule has 2 aliphatic rings. The van der Waals surface area contributed by atoms with Crippen LogP contribution in [0.2, 0.25) is 0 Å². The van der Waals surface area contributed by atoms with E-state index < -0.39 is 47.9 Å². The fourth-order valence-corrected chi connectivity index (χ4v) is 4.89. The van der Waals surface area contributed by atoms with Crippen molar-refractivity contribution in [3.8, 4) is 0 Å². The topological polar surface area (TPSA) is 133 Å². The van der Waals surface area contributed by atoms with Gasteiger partial charge in [-0.05, 0) is 19.8 Å². The summed E-state index contributed by atoms with van der Waals surface area (Å²) in [6, 6.07) is -0.663. The lowest BCUT2D eigenvalue weighted by molar-refractivity contribution is -0.358. The van der Waals surface area contributed by atoms with Gasteiger partial charge in [0.15, 0.2) is 12.6 Å². The lowest BCUT2D eigenvalue weighted by Crippen LogP contribution is -2.60. The molecular weight excluding hydrogens is 394 g/mol. The third-order valence-electron chi connectivity index (χ3n) is 5.88. The SMILES string of the molecule is COC1C(OCO)OC(OC2C(C)OC(C)C(NS(=O)(=O)O)C2C)C(C)C1C. The second-order valence-corrected chi connectivity index (χ2v) is 8.90. The van der Waals surface area contributed by atoms with E-state index in [1.807, 2.05) is 27.7 Å². The van der Waals surface area contributed by atoms with E-state index in [1.165, 1.54) is 0 Å². The van der Waals surface area contributed by atoms with Gasteiger partial charge in [0, 0.05) is 18.9 Å². The number of hydrogen-bond donors (Lipinski definition) is 3. The number of aliphatic hydroxyl groups excluding tert-OH is 1. The number of hydrogen-bond acceptors (Lipinski definition) is 8. The maximum Gasteiger partial charge on any atom is 0.333 e. The van der Waals surface area contributed by atoms with Crippen LogP contribution in [0.15, 0.2) is 0 Å². The van der Waals surface area contributed by atoms with Crippen LogP contribution in [-0.4, -0.2) is 75.0 Å². The van der Waals surface area contributed by atoms with E-state index in [4.69, 9.17) is 28.8 Å². The number of aliphatic hydroxyl groups is 1. The minimum atomic E-state index is -4.39. The van der Waals surface area contributed by atoms with Crippen molar-refractivity contribution < 1.29 is 41.8 Å². The maximum atomic E-state index is 11.3. The molecule has 11 heteroatoms. The van der Waals surface area contributed by atoms with Gasteiger partial charge in [-0.3, -0.25) is 4.55 Å². The second kappa shape index (κ2) is 9.63. The van der Waals surface area contributed by atoms with Crippen LogP contribution in [0.25, 0.3) is 0 Å². The van der Waals surface area contributed by atoms with Gasteiger partial charge in [0.25, 0.3) is 0 Å². The van der Waals surface area contributed by atoms with Gasteiger partial charge in [0.2, 0.25) is 0 Å². The largest absolute Gasteiger partial charge is 0.376 e.